The molecule has 0 bridgehead atoms. The topological polar surface area (TPSA) is 74.6 Å². The van der Waals surface area contributed by atoms with Gasteiger partial charge in [-0.25, -0.2) is 0 Å². The highest BCUT2D eigenvalue weighted by molar-refractivity contribution is 5.70. The normalized spacial score (nSPS) is 12.4. The first-order valence-corrected chi connectivity index (χ1v) is 4.02. The minimum absolute atomic E-state index is 0.0593. The van der Waals surface area contributed by atoms with E-state index in [1.54, 1.807) is 6.92 Å². The smallest absolute Gasteiger partial charge is 0.306 e. The maximum absolute atomic E-state index is 10.5. The monoisotopic (exact) mass is 174 g/mol. The van der Waals surface area contributed by atoms with Crippen LogP contribution in [0.2, 0.25) is 0 Å². The molecule has 0 amide bonds. The second-order valence-corrected chi connectivity index (χ2v) is 2.73. The van der Waals surface area contributed by atoms with Gasteiger partial charge in [-0.3, -0.25) is 9.59 Å². The molecule has 0 heterocycles. The minimum atomic E-state index is -0.866. The second kappa shape index (κ2) is 5.57. The Morgan fingerprint density at radius 2 is 1.92 bits per heavy atom. The summed E-state index contributed by atoms with van der Waals surface area (Å²) in [6, 6.07) is 0. The van der Waals surface area contributed by atoms with Crippen molar-refractivity contribution in [1.29, 1.82) is 0 Å². The Balaban J connectivity index is 3.59. The number of hydrogen-bond acceptors (Lipinski definition) is 2. The molecule has 1 unspecified atom stereocenters. The molecule has 0 aromatic rings. The molecule has 0 radical (unpaired) electrons. The van der Waals surface area contributed by atoms with Crippen molar-refractivity contribution in [3.05, 3.63) is 0 Å². The van der Waals surface area contributed by atoms with E-state index in [1.807, 2.05) is 0 Å². The number of carboxylic acid groups (broad SMARTS) is 2. The summed E-state index contributed by atoms with van der Waals surface area (Å²) in [5, 5.41) is 16.9. The first kappa shape index (κ1) is 10.9. The van der Waals surface area contributed by atoms with E-state index in [2.05, 4.69) is 0 Å². The van der Waals surface area contributed by atoms with Crippen LogP contribution in [0.25, 0.3) is 0 Å². The van der Waals surface area contributed by atoms with Crippen molar-refractivity contribution >= 4 is 11.9 Å². The molecule has 0 aromatic heterocycles. The number of rotatable bonds is 6. The largest absolute Gasteiger partial charge is 0.481 e. The molecule has 0 aliphatic rings. The maximum atomic E-state index is 10.5. The van der Waals surface area contributed by atoms with E-state index in [-0.39, 0.29) is 12.3 Å². The summed E-state index contributed by atoms with van der Waals surface area (Å²) in [6.07, 6.45) is 1.52. The molecule has 0 aliphatic heterocycles. The third kappa shape index (κ3) is 4.71. The molecule has 70 valence electrons. The van der Waals surface area contributed by atoms with Gasteiger partial charge in [0.05, 0.1) is 5.92 Å². The zero-order valence-corrected chi connectivity index (χ0v) is 7.12. The Morgan fingerprint density at radius 3 is 2.25 bits per heavy atom. The van der Waals surface area contributed by atoms with Crippen LogP contribution in [-0.2, 0) is 9.59 Å². The summed E-state index contributed by atoms with van der Waals surface area (Å²) in [5.74, 6) is -2.08. The average molecular weight is 174 g/mol. The van der Waals surface area contributed by atoms with Gasteiger partial charge >= 0.3 is 11.9 Å². The van der Waals surface area contributed by atoms with Gasteiger partial charge in [0.1, 0.15) is 0 Å². The van der Waals surface area contributed by atoms with Gasteiger partial charge in [-0.05, 0) is 19.3 Å². The lowest BCUT2D eigenvalue weighted by molar-refractivity contribution is -0.143. The van der Waals surface area contributed by atoms with Crippen LogP contribution >= 0.6 is 0 Å². The van der Waals surface area contributed by atoms with E-state index in [0.717, 1.165) is 0 Å². The molecule has 1 atom stereocenters. The van der Waals surface area contributed by atoms with Gasteiger partial charge in [0.25, 0.3) is 0 Å². The Bertz CT molecular complexity index is 164. The average Bonchev–Trinajstić information content (AvgIpc) is 1.96. The van der Waals surface area contributed by atoms with Gasteiger partial charge in [0.2, 0.25) is 0 Å². The summed E-state index contributed by atoms with van der Waals surface area (Å²) in [5.41, 5.74) is 0. The third-order valence-corrected chi connectivity index (χ3v) is 1.79. The zero-order valence-electron chi connectivity index (χ0n) is 7.12. The second-order valence-electron chi connectivity index (χ2n) is 2.73. The molecule has 0 aliphatic carbocycles. The number of carbonyl (C=O) groups is 2. The molecule has 2 N–H and O–H groups in total. The fourth-order valence-electron chi connectivity index (χ4n) is 1.00. The highest BCUT2D eigenvalue weighted by atomic mass is 16.4. The fourth-order valence-corrected chi connectivity index (χ4v) is 1.00. The van der Waals surface area contributed by atoms with Crippen LogP contribution in [0.5, 0.6) is 0 Å². The van der Waals surface area contributed by atoms with Crippen molar-refractivity contribution in [2.75, 3.05) is 0 Å². The molecule has 0 rings (SSSR count). The predicted molar refractivity (Wildman–Crippen MR) is 42.9 cm³/mol. The summed E-state index contributed by atoms with van der Waals surface area (Å²) in [6.45, 7) is 1.79. The maximum Gasteiger partial charge on any atom is 0.306 e. The standard InChI is InChI=1S/C8H14O4/c1-2-6(8(11)12)4-3-5-7(9)10/h6H,2-5H2,1H3,(H,9,10)(H,11,12). The molecule has 4 nitrogen and oxygen atoms in total. The molecular weight excluding hydrogens is 160 g/mol. The van der Waals surface area contributed by atoms with Crippen LogP contribution in [0.1, 0.15) is 32.6 Å². The number of aliphatic carboxylic acids is 2. The van der Waals surface area contributed by atoms with Crippen LogP contribution in [0.15, 0.2) is 0 Å². The summed E-state index contributed by atoms with van der Waals surface area (Å²) in [7, 11) is 0. The third-order valence-electron chi connectivity index (χ3n) is 1.79. The van der Waals surface area contributed by atoms with E-state index in [9.17, 15) is 9.59 Å². The van der Waals surface area contributed by atoms with Gasteiger partial charge in [-0.15, -0.1) is 0 Å². The van der Waals surface area contributed by atoms with Crippen molar-refractivity contribution in [1.82, 2.24) is 0 Å². The first-order chi connectivity index (χ1) is 5.57. The first-order valence-electron chi connectivity index (χ1n) is 4.02. The van der Waals surface area contributed by atoms with Gasteiger partial charge in [0, 0.05) is 6.42 Å². The van der Waals surface area contributed by atoms with Crippen LogP contribution in [0.3, 0.4) is 0 Å². The van der Waals surface area contributed by atoms with E-state index >= 15 is 0 Å². The Kier molecular flexibility index (Phi) is 5.08. The summed E-state index contributed by atoms with van der Waals surface area (Å²) < 4.78 is 0. The minimum Gasteiger partial charge on any atom is -0.481 e. The summed E-state index contributed by atoms with van der Waals surface area (Å²) >= 11 is 0. The molecule has 0 saturated carbocycles. The van der Waals surface area contributed by atoms with Crippen molar-refractivity contribution in [2.45, 2.75) is 32.6 Å². The van der Waals surface area contributed by atoms with Crippen molar-refractivity contribution in [3.63, 3.8) is 0 Å². The zero-order chi connectivity index (χ0) is 9.56. The van der Waals surface area contributed by atoms with E-state index < -0.39 is 11.9 Å². The van der Waals surface area contributed by atoms with E-state index in [4.69, 9.17) is 10.2 Å². The molecular formula is C8H14O4. The summed E-state index contributed by atoms with van der Waals surface area (Å²) in [4.78, 5) is 20.6. The van der Waals surface area contributed by atoms with Crippen LogP contribution in [-0.4, -0.2) is 22.2 Å². The SMILES string of the molecule is CCC(CCCC(=O)O)C(=O)O. The lowest BCUT2D eigenvalue weighted by atomic mass is 10.00. The van der Waals surface area contributed by atoms with Crippen molar-refractivity contribution in [3.8, 4) is 0 Å². The quantitative estimate of drug-likeness (QED) is 0.637. The van der Waals surface area contributed by atoms with E-state index in [1.165, 1.54) is 0 Å². The molecule has 12 heavy (non-hydrogen) atoms. The molecule has 4 heteroatoms. The van der Waals surface area contributed by atoms with Gasteiger partial charge < -0.3 is 10.2 Å². The fraction of sp³-hybridized carbons (Fsp3) is 0.750. The Morgan fingerprint density at radius 1 is 1.33 bits per heavy atom. The molecule has 0 saturated heterocycles. The van der Waals surface area contributed by atoms with Gasteiger partial charge in [-0.2, -0.15) is 0 Å². The molecule has 0 aromatic carbocycles. The highest BCUT2D eigenvalue weighted by Crippen LogP contribution is 2.12. The van der Waals surface area contributed by atoms with Gasteiger partial charge in [0.15, 0.2) is 0 Å². The molecule has 0 spiro atoms. The van der Waals surface area contributed by atoms with Gasteiger partial charge in [-0.1, -0.05) is 6.92 Å². The van der Waals surface area contributed by atoms with E-state index in [0.29, 0.717) is 19.3 Å². The van der Waals surface area contributed by atoms with Crippen LogP contribution < -0.4 is 0 Å². The molecule has 0 fully saturated rings. The van der Waals surface area contributed by atoms with Crippen LogP contribution in [0.4, 0.5) is 0 Å². The Hall–Kier alpha value is -1.06. The highest BCUT2D eigenvalue weighted by Gasteiger charge is 2.14. The lowest BCUT2D eigenvalue weighted by Crippen LogP contribution is -2.12. The Labute approximate surface area is 71.2 Å². The van der Waals surface area contributed by atoms with Crippen molar-refractivity contribution < 1.29 is 19.8 Å². The lowest BCUT2D eigenvalue weighted by Gasteiger charge is -2.07. The predicted octanol–water partition coefficient (Wildman–Crippen LogP) is 1.35. The number of hydrogen-bond donors (Lipinski definition) is 2. The van der Waals surface area contributed by atoms with Crippen molar-refractivity contribution in [2.24, 2.45) is 5.92 Å². The van der Waals surface area contributed by atoms with Crippen LogP contribution in [0, 0.1) is 5.92 Å². The number of carboxylic acids is 2.